The fourth-order valence-corrected chi connectivity index (χ4v) is 3.19. The Kier molecular flexibility index (Phi) is 4.39. The Labute approximate surface area is 137 Å². The molecule has 1 aliphatic rings. The van der Waals surface area contributed by atoms with Gasteiger partial charge in [-0.15, -0.1) is 0 Å². The zero-order valence-corrected chi connectivity index (χ0v) is 14.2. The van der Waals surface area contributed by atoms with Crippen LogP contribution >= 0.6 is 0 Å². The molecule has 124 valence electrons. The maximum atomic E-state index is 6.35. The van der Waals surface area contributed by atoms with Gasteiger partial charge < -0.3 is 15.0 Å². The number of rotatable bonds is 5. The Morgan fingerprint density at radius 3 is 2.70 bits per heavy atom. The predicted molar refractivity (Wildman–Crippen MR) is 88.5 cm³/mol. The van der Waals surface area contributed by atoms with Crippen LogP contribution in [-0.4, -0.2) is 16.7 Å². The van der Waals surface area contributed by atoms with Gasteiger partial charge in [0.1, 0.15) is 5.75 Å². The first-order valence-corrected chi connectivity index (χ1v) is 8.30. The first kappa shape index (κ1) is 16.0. The second-order valence-electron chi connectivity index (χ2n) is 6.68. The molecular formula is C18H25N3O2. The average molecular weight is 315 g/mol. The van der Waals surface area contributed by atoms with Crippen LogP contribution in [0.4, 0.5) is 0 Å². The van der Waals surface area contributed by atoms with Crippen molar-refractivity contribution in [3.05, 3.63) is 40.5 Å². The molecule has 1 aromatic carbocycles. The summed E-state index contributed by atoms with van der Waals surface area (Å²) in [6.45, 7) is 6.77. The van der Waals surface area contributed by atoms with Crippen molar-refractivity contribution < 1.29 is 9.26 Å². The summed E-state index contributed by atoms with van der Waals surface area (Å²) >= 11 is 0. The van der Waals surface area contributed by atoms with Crippen molar-refractivity contribution in [3.63, 3.8) is 0 Å². The molecule has 1 aromatic heterocycles. The number of benzene rings is 1. The smallest absolute Gasteiger partial charge is 0.230 e. The van der Waals surface area contributed by atoms with Gasteiger partial charge in [-0.1, -0.05) is 24.1 Å². The molecule has 0 saturated heterocycles. The Morgan fingerprint density at radius 1 is 1.22 bits per heavy atom. The van der Waals surface area contributed by atoms with Crippen molar-refractivity contribution >= 4 is 0 Å². The fraction of sp³-hybridized carbons (Fsp3) is 0.556. The number of nitrogens with two attached hydrogens (primary N) is 1. The molecule has 0 aliphatic heterocycles. The highest BCUT2D eigenvalue weighted by molar-refractivity contribution is 5.41. The van der Waals surface area contributed by atoms with Crippen molar-refractivity contribution in [2.45, 2.75) is 58.4 Å². The minimum Gasteiger partial charge on any atom is -0.493 e. The number of hydrogen-bond donors (Lipinski definition) is 1. The van der Waals surface area contributed by atoms with Crippen LogP contribution in [0.25, 0.3) is 0 Å². The second kappa shape index (κ2) is 6.32. The lowest BCUT2D eigenvalue weighted by molar-refractivity contribution is 0.288. The fourth-order valence-electron chi connectivity index (χ4n) is 3.19. The van der Waals surface area contributed by atoms with Crippen LogP contribution in [0.5, 0.6) is 5.75 Å². The van der Waals surface area contributed by atoms with Gasteiger partial charge in [-0.05, 0) is 56.4 Å². The molecule has 2 N–H and O–H groups in total. The standard InChI is InChI=1S/C18H25N3O2/c1-12-10-13(2)14(3)15(11-12)22-9-6-16-20-17(21-23-16)18(19)7-4-5-8-18/h10-11H,4-9,19H2,1-3H3. The molecular weight excluding hydrogens is 290 g/mol. The van der Waals surface area contributed by atoms with Gasteiger partial charge in [0.05, 0.1) is 18.6 Å². The van der Waals surface area contributed by atoms with Gasteiger partial charge in [0.2, 0.25) is 5.89 Å². The summed E-state index contributed by atoms with van der Waals surface area (Å²) in [6, 6.07) is 4.23. The minimum absolute atomic E-state index is 0.396. The van der Waals surface area contributed by atoms with Crippen LogP contribution in [0.1, 0.15) is 54.1 Å². The SMILES string of the molecule is Cc1cc(C)c(C)c(OCCc2nc(C3(N)CCCC3)no2)c1. The maximum Gasteiger partial charge on any atom is 0.230 e. The van der Waals surface area contributed by atoms with Crippen molar-refractivity contribution in [3.8, 4) is 5.75 Å². The van der Waals surface area contributed by atoms with Gasteiger partial charge in [0.25, 0.3) is 0 Å². The van der Waals surface area contributed by atoms with E-state index in [4.69, 9.17) is 15.0 Å². The van der Waals surface area contributed by atoms with Gasteiger partial charge >= 0.3 is 0 Å². The third kappa shape index (κ3) is 3.39. The van der Waals surface area contributed by atoms with Gasteiger partial charge in [-0.25, -0.2) is 0 Å². The monoisotopic (exact) mass is 315 g/mol. The van der Waals surface area contributed by atoms with Crippen LogP contribution in [0.3, 0.4) is 0 Å². The highest BCUT2D eigenvalue weighted by Crippen LogP contribution is 2.34. The predicted octanol–water partition coefficient (Wildman–Crippen LogP) is 3.34. The molecule has 0 radical (unpaired) electrons. The molecule has 0 atom stereocenters. The van der Waals surface area contributed by atoms with E-state index in [9.17, 15) is 0 Å². The Bertz CT molecular complexity index is 688. The van der Waals surface area contributed by atoms with E-state index in [1.807, 2.05) is 0 Å². The summed E-state index contributed by atoms with van der Waals surface area (Å²) in [5.74, 6) is 2.17. The number of aromatic nitrogens is 2. The number of ether oxygens (including phenoxy) is 1. The van der Waals surface area contributed by atoms with Gasteiger partial charge in [-0.2, -0.15) is 4.98 Å². The lowest BCUT2D eigenvalue weighted by atomic mass is 9.99. The van der Waals surface area contributed by atoms with Crippen molar-refractivity contribution in [1.82, 2.24) is 10.1 Å². The third-order valence-corrected chi connectivity index (χ3v) is 4.75. The first-order valence-electron chi connectivity index (χ1n) is 8.30. The zero-order chi connectivity index (χ0) is 16.4. The summed E-state index contributed by atoms with van der Waals surface area (Å²) in [7, 11) is 0. The van der Waals surface area contributed by atoms with Crippen molar-refractivity contribution in [1.29, 1.82) is 0 Å². The average Bonchev–Trinajstić information content (AvgIpc) is 3.14. The van der Waals surface area contributed by atoms with Crippen LogP contribution in [0.15, 0.2) is 16.7 Å². The summed E-state index contributed by atoms with van der Waals surface area (Å²) < 4.78 is 11.2. The van der Waals surface area contributed by atoms with Crippen LogP contribution < -0.4 is 10.5 Å². The molecule has 0 bridgehead atoms. The summed E-state index contributed by atoms with van der Waals surface area (Å²) in [4.78, 5) is 4.47. The van der Waals surface area contributed by atoms with Crippen LogP contribution in [0.2, 0.25) is 0 Å². The quantitative estimate of drug-likeness (QED) is 0.916. The van der Waals surface area contributed by atoms with E-state index in [2.05, 4.69) is 43.0 Å². The lowest BCUT2D eigenvalue weighted by Crippen LogP contribution is -2.34. The highest BCUT2D eigenvalue weighted by Gasteiger charge is 2.35. The maximum absolute atomic E-state index is 6.35. The van der Waals surface area contributed by atoms with E-state index in [1.165, 1.54) is 16.7 Å². The van der Waals surface area contributed by atoms with Gasteiger partial charge in [0, 0.05) is 0 Å². The van der Waals surface area contributed by atoms with E-state index < -0.39 is 5.54 Å². The minimum atomic E-state index is -0.396. The summed E-state index contributed by atoms with van der Waals surface area (Å²) in [6.07, 6.45) is 4.73. The largest absolute Gasteiger partial charge is 0.493 e. The second-order valence-corrected chi connectivity index (χ2v) is 6.68. The molecule has 23 heavy (non-hydrogen) atoms. The lowest BCUT2D eigenvalue weighted by Gasteiger charge is -2.17. The molecule has 3 rings (SSSR count). The number of hydrogen-bond acceptors (Lipinski definition) is 5. The van der Waals surface area contributed by atoms with Crippen molar-refractivity contribution in [2.24, 2.45) is 5.73 Å². The van der Waals surface area contributed by atoms with Crippen LogP contribution in [-0.2, 0) is 12.0 Å². The number of aryl methyl sites for hydroxylation is 2. The van der Waals surface area contributed by atoms with Crippen molar-refractivity contribution in [2.75, 3.05) is 6.61 Å². The van der Waals surface area contributed by atoms with E-state index >= 15 is 0 Å². The molecule has 5 nitrogen and oxygen atoms in total. The molecule has 0 unspecified atom stereocenters. The van der Waals surface area contributed by atoms with E-state index in [0.29, 0.717) is 24.7 Å². The summed E-state index contributed by atoms with van der Waals surface area (Å²) in [5, 5.41) is 4.07. The third-order valence-electron chi connectivity index (χ3n) is 4.75. The molecule has 0 spiro atoms. The molecule has 1 fully saturated rings. The Hall–Kier alpha value is -1.88. The zero-order valence-electron chi connectivity index (χ0n) is 14.2. The Balaban J connectivity index is 1.60. The number of nitrogens with zero attached hydrogens (tertiary/aromatic N) is 2. The van der Waals surface area contributed by atoms with E-state index in [0.717, 1.165) is 31.4 Å². The topological polar surface area (TPSA) is 74.2 Å². The first-order chi connectivity index (χ1) is 11.0. The Morgan fingerprint density at radius 2 is 1.96 bits per heavy atom. The molecule has 1 saturated carbocycles. The van der Waals surface area contributed by atoms with Gasteiger partial charge in [-0.3, -0.25) is 0 Å². The van der Waals surface area contributed by atoms with Crippen LogP contribution in [0, 0.1) is 20.8 Å². The molecule has 5 heteroatoms. The molecule has 2 aromatic rings. The summed E-state index contributed by atoms with van der Waals surface area (Å²) in [5.41, 5.74) is 9.57. The molecule has 0 amide bonds. The molecule has 1 heterocycles. The normalized spacial score (nSPS) is 16.7. The van der Waals surface area contributed by atoms with E-state index in [-0.39, 0.29) is 0 Å². The highest BCUT2D eigenvalue weighted by atomic mass is 16.5. The van der Waals surface area contributed by atoms with Gasteiger partial charge in [0.15, 0.2) is 5.82 Å². The molecule has 1 aliphatic carbocycles. The van der Waals surface area contributed by atoms with E-state index in [1.54, 1.807) is 0 Å².